The molecule has 24 heavy (non-hydrogen) atoms. The molecule has 126 valence electrons. The summed E-state index contributed by atoms with van der Waals surface area (Å²) in [6.07, 6.45) is 5.76. The van der Waals surface area contributed by atoms with E-state index in [1.165, 1.54) is 0 Å². The third-order valence-corrected chi connectivity index (χ3v) is 5.25. The van der Waals surface area contributed by atoms with Gasteiger partial charge in [-0.15, -0.1) is 0 Å². The van der Waals surface area contributed by atoms with Gasteiger partial charge in [0.1, 0.15) is 11.6 Å². The second-order valence-electron chi connectivity index (χ2n) is 6.63. The van der Waals surface area contributed by atoms with E-state index in [1.54, 1.807) is 7.11 Å². The molecule has 1 N–H and O–H groups in total. The zero-order chi connectivity index (χ0) is 16.6. The molecule has 0 radical (unpaired) electrons. The highest BCUT2D eigenvalue weighted by atomic mass is 16.6. The number of amides is 1. The van der Waals surface area contributed by atoms with Crippen LogP contribution >= 0.6 is 0 Å². The van der Waals surface area contributed by atoms with Gasteiger partial charge in [-0.05, 0) is 11.1 Å². The van der Waals surface area contributed by atoms with Gasteiger partial charge in [-0.25, -0.2) is 4.79 Å². The Bertz CT molecular complexity index is 683. The molecule has 3 unspecified atom stereocenters. The third-order valence-electron chi connectivity index (χ3n) is 5.25. The van der Waals surface area contributed by atoms with Crippen molar-refractivity contribution in [3.63, 3.8) is 0 Å². The van der Waals surface area contributed by atoms with E-state index < -0.39 is 5.54 Å². The van der Waals surface area contributed by atoms with E-state index in [0.29, 0.717) is 19.7 Å². The Labute approximate surface area is 141 Å². The van der Waals surface area contributed by atoms with Crippen molar-refractivity contribution in [1.82, 2.24) is 10.2 Å². The van der Waals surface area contributed by atoms with Crippen LogP contribution in [0.2, 0.25) is 0 Å². The highest BCUT2D eigenvalue weighted by Gasteiger charge is 2.60. The van der Waals surface area contributed by atoms with Crippen LogP contribution in [0.5, 0.6) is 0 Å². The van der Waals surface area contributed by atoms with Gasteiger partial charge in [0.2, 0.25) is 0 Å². The van der Waals surface area contributed by atoms with Gasteiger partial charge < -0.3 is 14.8 Å². The Kier molecular flexibility index (Phi) is 3.90. The third kappa shape index (κ3) is 2.27. The summed E-state index contributed by atoms with van der Waals surface area (Å²) in [7, 11) is 1.69. The highest BCUT2D eigenvalue weighted by Crippen LogP contribution is 2.45. The standard InChI is InChI=1S/C19H22N2O3/c1-23-12-15-10-20-13-19(16-8-5-9-16)17(15)24-18(22)21(19)11-14-6-3-2-4-7-14/h2-9,15,17,20H,10-13H2,1H3. The fraction of sp³-hybridized carbons (Fsp3) is 0.421. The lowest BCUT2D eigenvalue weighted by atomic mass is 9.72. The number of hydrogen-bond acceptors (Lipinski definition) is 4. The van der Waals surface area contributed by atoms with E-state index in [-0.39, 0.29) is 18.1 Å². The average molecular weight is 326 g/mol. The Balaban J connectivity index is 1.71. The molecule has 4 rings (SSSR count). The molecule has 2 heterocycles. The number of rotatable bonds is 5. The summed E-state index contributed by atoms with van der Waals surface area (Å²) in [6, 6.07) is 10.1. The van der Waals surface area contributed by atoms with Crippen LogP contribution < -0.4 is 5.32 Å². The van der Waals surface area contributed by atoms with Crippen molar-refractivity contribution in [3.8, 4) is 0 Å². The van der Waals surface area contributed by atoms with Crippen molar-refractivity contribution < 1.29 is 14.3 Å². The Morgan fingerprint density at radius 2 is 2.17 bits per heavy atom. The molecule has 0 spiro atoms. The molecule has 1 amide bonds. The number of carbonyl (C=O) groups is 1. The largest absolute Gasteiger partial charge is 0.443 e. The molecular formula is C19H22N2O3. The summed E-state index contributed by atoms with van der Waals surface area (Å²) in [5, 5.41) is 3.49. The van der Waals surface area contributed by atoms with E-state index in [0.717, 1.165) is 17.7 Å². The van der Waals surface area contributed by atoms with Crippen LogP contribution in [0.4, 0.5) is 4.79 Å². The normalized spacial score (nSPS) is 31.3. The summed E-state index contributed by atoms with van der Waals surface area (Å²) in [5.74, 6) is 0.142. The first kappa shape index (κ1) is 15.4. The number of nitrogens with zero attached hydrogens (tertiary/aromatic N) is 1. The van der Waals surface area contributed by atoms with Crippen molar-refractivity contribution in [2.75, 3.05) is 26.8 Å². The number of fused-ring (bicyclic) bond motifs is 1. The summed E-state index contributed by atoms with van der Waals surface area (Å²) in [4.78, 5) is 14.6. The number of hydrogen-bond donors (Lipinski definition) is 1. The van der Waals surface area contributed by atoms with Gasteiger partial charge in [0.15, 0.2) is 0 Å². The minimum Gasteiger partial charge on any atom is -0.443 e. The van der Waals surface area contributed by atoms with Crippen LogP contribution in [0.3, 0.4) is 0 Å². The van der Waals surface area contributed by atoms with Gasteiger partial charge >= 0.3 is 6.09 Å². The average Bonchev–Trinajstić information content (AvgIpc) is 2.81. The van der Waals surface area contributed by atoms with Gasteiger partial charge in [0, 0.05) is 26.1 Å². The van der Waals surface area contributed by atoms with E-state index >= 15 is 0 Å². The minimum absolute atomic E-state index is 0.142. The van der Waals surface area contributed by atoms with Gasteiger partial charge in [-0.2, -0.15) is 0 Å². The molecular weight excluding hydrogens is 304 g/mol. The van der Waals surface area contributed by atoms with Crippen molar-refractivity contribution in [1.29, 1.82) is 0 Å². The molecule has 5 nitrogen and oxygen atoms in total. The van der Waals surface area contributed by atoms with Gasteiger partial charge in [0.25, 0.3) is 0 Å². The van der Waals surface area contributed by atoms with Crippen molar-refractivity contribution in [3.05, 3.63) is 59.7 Å². The van der Waals surface area contributed by atoms with Gasteiger partial charge in [0.05, 0.1) is 13.2 Å². The fourth-order valence-corrected chi connectivity index (χ4v) is 4.06. The van der Waals surface area contributed by atoms with E-state index in [1.807, 2.05) is 41.3 Å². The molecule has 0 aromatic heterocycles. The number of benzene rings is 1. The summed E-state index contributed by atoms with van der Waals surface area (Å²) in [5.41, 5.74) is 1.80. The zero-order valence-corrected chi connectivity index (χ0v) is 13.8. The first-order chi connectivity index (χ1) is 11.8. The highest BCUT2D eigenvalue weighted by molar-refractivity contribution is 5.75. The lowest BCUT2D eigenvalue weighted by Gasteiger charge is -2.47. The molecule has 1 aromatic carbocycles. The van der Waals surface area contributed by atoms with Crippen molar-refractivity contribution >= 4 is 6.09 Å². The first-order valence-electron chi connectivity index (χ1n) is 8.36. The van der Waals surface area contributed by atoms with Crippen molar-refractivity contribution in [2.24, 2.45) is 5.92 Å². The predicted octanol–water partition coefficient (Wildman–Crippen LogP) is 2.11. The van der Waals surface area contributed by atoms with Crippen LogP contribution in [0.25, 0.3) is 0 Å². The van der Waals surface area contributed by atoms with Gasteiger partial charge in [-0.3, -0.25) is 4.90 Å². The SMILES string of the molecule is COCC1CNCC2(C3=CC=C3)C1OC(=O)N2Cc1ccccc1. The lowest BCUT2D eigenvalue weighted by molar-refractivity contribution is 0.00315. The van der Waals surface area contributed by atoms with Crippen LogP contribution in [0.15, 0.2) is 54.1 Å². The van der Waals surface area contributed by atoms with Crippen molar-refractivity contribution in [2.45, 2.75) is 18.2 Å². The molecule has 1 aromatic rings. The molecule has 0 bridgehead atoms. The number of piperidine rings is 1. The predicted molar refractivity (Wildman–Crippen MR) is 90.4 cm³/mol. The zero-order valence-electron chi connectivity index (χ0n) is 13.8. The molecule has 3 atom stereocenters. The summed E-state index contributed by atoms with van der Waals surface area (Å²) in [6.45, 7) is 2.61. The van der Waals surface area contributed by atoms with Crippen LogP contribution in [-0.2, 0) is 16.0 Å². The van der Waals surface area contributed by atoms with E-state index in [2.05, 4.69) is 17.5 Å². The molecule has 2 fully saturated rings. The minimum atomic E-state index is -0.455. The quantitative estimate of drug-likeness (QED) is 0.900. The second kappa shape index (κ2) is 6.07. The number of nitrogens with one attached hydrogen (secondary N) is 1. The molecule has 3 aliphatic rings. The monoisotopic (exact) mass is 326 g/mol. The smallest absolute Gasteiger partial charge is 0.411 e. The van der Waals surface area contributed by atoms with Crippen LogP contribution in [-0.4, -0.2) is 49.4 Å². The fourth-order valence-electron chi connectivity index (χ4n) is 4.06. The maximum atomic E-state index is 12.7. The lowest BCUT2D eigenvalue weighted by Crippen LogP contribution is -2.65. The molecule has 5 heteroatoms. The number of ether oxygens (including phenoxy) is 2. The Morgan fingerprint density at radius 3 is 2.83 bits per heavy atom. The topological polar surface area (TPSA) is 50.8 Å². The Morgan fingerprint density at radius 1 is 1.38 bits per heavy atom. The number of methoxy groups -OCH3 is 1. The van der Waals surface area contributed by atoms with Crippen LogP contribution in [0.1, 0.15) is 5.56 Å². The maximum Gasteiger partial charge on any atom is 0.411 e. The van der Waals surface area contributed by atoms with E-state index in [9.17, 15) is 4.79 Å². The molecule has 2 saturated heterocycles. The first-order valence-corrected chi connectivity index (χ1v) is 8.36. The maximum absolute atomic E-state index is 12.7. The molecule has 0 saturated carbocycles. The Hall–Kier alpha value is -2.11. The number of carbonyl (C=O) groups excluding carboxylic acids is 1. The molecule has 2 aliphatic heterocycles. The van der Waals surface area contributed by atoms with Gasteiger partial charge in [-0.1, -0.05) is 48.6 Å². The summed E-state index contributed by atoms with van der Waals surface area (Å²) < 4.78 is 11.2. The second-order valence-corrected chi connectivity index (χ2v) is 6.63. The van der Waals surface area contributed by atoms with E-state index in [4.69, 9.17) is 9.47 Å². The van der Waals surface area contributed by atoms with Crippen LogP contribution in [0, 0.1) is 5.92 Å². The number of allylic oxidation sites excluding steroid dienone is 2. The summed E-state index contributed by atoms with van der Waals surface area (Å²) >= 11 is 0. The molecule has 1 aliphatic carbocycles.